The SMILES string of the molecule is C=CCNC(CC)CCN. The Labute approximate surface area is 63.5 Å². The molecule has 2 nitrogen and oxygen atoms in total. The maximum absolute atomic E-state index is 5.41. The molecule has 0 aliphatic rings. The summed E-state index contributed by atoms with van der Waals surface area (Å²) < 4.78 is 0. The third-order valence-electron chi connectivity index (χ3n) is 1.56. The fraction of sp³-hybridized carbons (Fsp3) is 0.750. The molecule has 0 aromatic heterocycles. The quantitative estimate of drug-likeness (QED) is 0.540. The zero-order valence-corrected chi connectivity index (χ0v) is 6.77. The van der Waals surface area contributed by atoms with Gasteiger partial charge in [-0.05, 0) is 19.4 Å². The Kier molecular flexibility index (Phi) is 6.55. The van der Waals surface area contributed by atoms with Crippen LogP contribution in [0.5, 0.6) is 0 Å². The molecule has 0 spiro atoms. The standard InChI is InChI=1S/C8H18N2/c1-3-7-10-8(4-2)5-6-9/h3,8,10H,1,4-7,9H2,2H3. The van der Waals surface area contributed by atoms with Crippen LogP contribution in [0.1, 0.15) is 19.8 Å². The predicted molar refractivity (Wildman–Crippen MR) is 46.0 cm³/mol. The van der Waals surface area contributed by atoms with Crippen LogP contribution in [0.15, 0.2) is 12.7 Å². The van der Waals surface area contributed by atoms with Crippen LogP contribution in [-0.2, 0) is 0 Å². The summed E-state index contributed by atoms with van der Waals surface area (Å²) in [6.45, 7) is 7.45. The molecule has 0 aliphatic carbocycles. The summed E-state index contributed by atoms with van der Waals surface area (Å²) >= 11 is 0. The van der Waals surface area contributed by atoms with Gasteiger partial charge in [-0.3, -0.25) is 0 Å². The maximum Gasteiger partial charge on any atom is 0.0134 e. The van der Waals surface area contributed by atoms with E-state index in [0.717, 1.165) is 25.9 Å². The maximum atomic E-state index is 5.41. The van der Waals surface area contributed by atoms with Gasteiger partial charge in [0.15, 0.2) is 0 Å². The van der Waals surface area contributed by atoms with E-state index in [2.05, 4.69) is 18.8 Å². The van der Waals surface area contributed by atoms with Gasteiger partial charge < -0.3 is 11.1 Å². The predicted octanol–water partition coefficient (Wildman–Crippen LogP) is 0.889. The summed E-state index contributed by atoms with van der Waals surface area (Å²) in [7, 11) is 0. The highest BCUT2D eigenvalue weighted by Gasteiger charge is 2.00. The van der Waals surface area contributed by atoms with Crippen molar-refractivity contribution in [2.24, 2.45) is 5.73 Å². The van der Waals surface area contributed by atoms with E-state index in [-0.39, 0.29) is 0 Å². The lowest BCUT2D eigenvalue weighted by Gasteiger charge is -2.13. The van der Waals surface area contributed by atoms with Gasteiger partial charge in [-0.15, -0.1) is 6.58 Å². The minimum atomic E-state index is 0.572. The first-order chi connectivity index (χ1) is 4.85. The molecule has 1 atom stereocenters. The van der Waals surface area contributed by atoms with Crippen molar-refractivity contribution in [1.82, 2.24) is 5.32 Å². The van der Waals surface area contributed by atoms with Gasteiger partial charge in [0.05, 0.1) is 0 Å². The van der Waals surface area contributed by atoms with Crippen LogP contribution < -0.4 is 11.1 Å². The van der Waals surface area contributed by atoms with Gasteiger partial charge in [-0.2, -0.15) is 0 Å². The van der Waals surface area contributed by atoms with Gasteiger partial charge in [0.1, 0.15) is 0 Å². The van der Waals surface area contributed by atoms with E-state index in [9.17, 15) is 0 Å². The van der Waals surface area contributed by atoms with Crippen LogP contribution in [0.2, 0.25) is 0 Å². The van der Waals surface area contributed by atoms with E-state index in [4.69, 9.17) is 5.73 Å². The van der Waals surface area contributed by atoms with E-state index in [0.29, 0.717) is 6.04 Å². The molecule has 60 valence electrons. The fourth-order valence-corrected chi connectivity index (χ4v) is 0.902. The molecular weight excluding hydrogens is 124 g/mol. The number of hydrogen-bond acceptors (Lipinski definition) is 2. The zero-order chi connectivity index (χ0) is 7.82. The highest BCUT2D eigenvalue weighted by Crippen LogP contribution is 1.94. The molecule has 0 bridgehead atoms. The van der Waals surface area contributed by atoms with Gasteiger partial charge in [-0.25, -0.2) is 0 Å². The molecule has 0 aliphatic heterocycles. The summed E-state index contributed by atoms with van der Waals surface area (Å²) in [4.78, 5) is 0. The second-order valence-corrected chi connectivity index (χ2v) is 2.38. The number of hydrogen-bond donors (Lipinski definition) is 2. The Morgan fingerprint density at radius 1 is 1.70 bits per heavy atom. The highest BCUT2D eigenvalue weighted by molar-refractivity contribution is 4.74. The van der Waals surface area contributed by atoms with Gasteiger partial charge in [0.2, 0.25) is 0 Å². The first kappa shape index (κ1) is 9.66. The third-order valence-corrected chi connectivity index (χ3v) is 1.56. The van der Waals surface area contributed by atoms with Gasteiger partial charge >= 0.3 is 0 Å². The molecule has 0 aromatic rings. The largest absolute Gasteiger partial charge is 0.330 e. The Balaban J connectivity index is 3.29. The molecule has 0 radical (unpaired) electrons. The Hall–Kier alpha value is -0.340. The highest BCUT2D eigenvalue weighted by atomic mass is 14.9. The van der Waals surface area contributed by atoms with E-state index in [1.807, 2.05) is 6.08 Å². The summed E-state index contributed by atoms with van der Waals surface area (Å²) in [5.41, 5.74) is 5.41. The summed E-state index contributed by atoms with van der Waals surface area (Å²) in [5.74, 6) is 0. The normalized spacial score (nSPS) is 13.0. The van der Waals surface area contributed by atoms with E-state index >= 15 is 0 Å². The molecule has 0 saturated heterocycles. The first-order valence-corrected chi connectivity index (χ1v) is 3.89. The smallest absolute Gasteiger partial charge is 0.0134 e. The van der Waals surface area contributed by atoms with Crippen molar-refractivity contribution < 1.29 is 0 Å². The van der Waals surface area contributed by atoms with Crippen molar-refractivity contribution in [3.8, 4) is 0 Å². The van der Waals surface area contributed by atoms with E-state index < -0.39 is 0 Å². The lowest BCUT2D eigenvalue weighted by Crippen LogP contribution is -2.30. The zero-order valence-electron chi connectivity index (χ0n) is 6.77. The summed E-state index contributed by atoms with van der Waals surface area (Å²) in [6, 6.07) is 0.572. The van der Waals surface area contributed by atoms with Crippen LogP contribution in [0.25, 0.3) is 0 Å². The molecule has 0 amide bonds. The van der Waals surface area contributed by atoms with Crippen LogP contribution in [0.3, 0.4) is 0 Å². The molecule has 0 aromatic carbocycles. The van der Waals surface area contributed by atoms with E-state index in [1.54, 1.807) is 0 Å². The van der Waals surface area contributed by atoms with Gasteiger partial charge in [0, 0.05) is 12.6 Å². The molecule has 3 N–H and O–H groups in total. The average molecular weight is 142 g/mol. The first-order valence-electron chi connectivity index (χ1n) is 3.89. The van der Waals surface area contributed by atoms with Crippen LogP contribution in [-0.4, -0.2) is 19.1 Å². The van der Waals surface area contributed by atoms with Gasteiger partial charge in [0.25, 0.3) is 0 Å². The van der Waals surface area contributed by atoms with Crippen molar-refractivity contribution in [2.75, 3.05) is 13.1 Å². The molecule has 0 fully saturated rings. The molecule has 0 saturated carbocycles. The molecule has 10 heavy (non-hydrogen) atoms. The minimum absolute atomic E-state index is 0.572. The Morgan fingerprint density at radius 3 is 2.80 bits per heavy atom. The number of nitrogens with two attached hydrogens (primary N) is 1. The van der Waals surface area contributed by atoms with Crippen molar-refractivity contribution >= 4 is 0 Å². The minimum Gasteiger partial charge on any atom is -0.330 e. The topological polar surface area (TPSA) is 38.0 Å². The molecule has 1 unspecified atom stereocenters. The van der Waals surface area contributed by atoms with Crippen molar-refractivity contribution in [2.45, 2.75) is 25.8 Å². The Morgan fingerprint density at radius 2 is 2.40 bits per heavy atom. The summed E-state index contributed by atoms with van der Waals surface area (Å²) in [5, 5.41) is 3.32. The van der Waals surface area contributed by atoms with Crippen molar-refractivity contribution in [3.63, 3.8) is 0 Å². The second-order valence-electron chi connectivity index (χ2n) is 2.38. The van der Waals surface area contributed by atoms with Crippen molar-refractivity contribution in [3.05, 3.63) is 12.7 Å². The number of nitrogens with one attached hydrogen (secondary N) is 1. The lowest BCUT2D eigenvalue weighted by atomic mass is 10.1. The molecule has 2 heteroatoms. The van der Waals surface area contributed by atoms with Crippen LogP contribution in [0.4, 0.5) is 0 Å². The van der Waals surface area contributed by atoms with Crippen molar-refractivity contribution in [1.29, 1.82) is 0 Å². The second kappa shape index (κ2) is 6.78. The summed E-state index contributed by atoms with van der Waals surface area (Å²) in [6.07, 6.45) is 4.08. The molecular formula is C8H18N2. The monoisotopic (exact) mass is 142 g/mol. The van der Waals surface area contributed by atoms with E-state index in [1.165, 1.54) is 0 Å². The lowest BCUT2D eigenvalue weighted by molar-refractivity contribution is 0.496. The fourth-order valence-electron chi connectivity index (χ4n) is 0.902. The number of rotatable bonds is 6. The van der Waals surface area contributed by atoms with Crippen LogP contribution in [0, 0.1) is 0 Å². The molecule has 0 heterocycles. The third kappa shape index (κ3) is 4.53. The van der Waals surface area contributed by atoms with Gasteiger partial charge in [-0.1, -0.05) is 13.0 Å². The van der Waals surface area contributed by atoms with Crippen LogP contribution >= 0.6 is 0 Å². The molecule has 0 rings (SSSR count). The average Bonchev–Trinajstić information content (AvgIpc) is 1.98. The Bertz CT molecular complexity index is 81.3.